The minimum atomic E-state index is -0.164. The number of fused-ring (bicyclic) bond motifs is 12. The van der Waals surface area contributed by atoms with Crippen LogP contribution in [0.2, 0.25) is 0 Å². The molecule has 0 N–H and O–H groups in total. The van der Waals surface area contributed by atoms with Crippen LogP contribution in [0.15, 0.2) is 91.0 Å². The number of anilines is 8. The third-order valence-electron chi connectivity index (χ3n) is 24.8. The molecule has 1 fully saturated rings. The maximum absolute atomic E-state index is 2.91. The maximum Gasteiger partial charge on any atom is 0.264 e. The molecule has 456 valence electrons. The van der Waals surface area contributed by atoms with E-state index in [2.05, 4.69) is 276 Å². The van der Waals surface area contributed by atoms with E-state index >= 15 is 0 Å². The van der Waals surface area contributed by atoms with Gasteiger partial charge in [0.1, 0.15) is 0 Å². The normalized spacial score (nSPS) is 24.1. The number of thiophene rings is 1. The largest absolute Gasteiger partial charge is 0.334 e. The molecule has 3 nitrogen and oxygen atoms in total. The molecule has 14 rings (SSSR count). The van der Waals surface area contributed by atoms with Crippen molar-refractivity contribution in [2.75, 3.05) is 14.7 Å². The van der Waals surface area contributed by atoms with Crippen LogP contribution in [0.25, 0.3) is 10.1 Å². The van der Waals surface area contributed by atoms with Crippen LogP contribution >= 0.6 is 11.3 Å². The first kappa shape index (κ1) is 59.4. The van der Waals surface area contributed by atoms with E-state index in [0.717, 1.165) is 6.42 Å². The van der Waals surface area contributed by atoms with Gasteiger partial charge in [-0.05, 0) is 234 Å². The molecule has 7 aromatic rings. The van der Waals surface area contributed by atoms with Crippen LogP contribution in [0, 0.1) is 0 Å². The van der Waals surface area contributed by atoms with Gasteiger partial charge in [-0.1, -0.05) is 195 Å². The number of nitrogens with zero attached hydrogens (tertiary/aromatic N) is 3. The van der Waals surface area contributed by atoms with E-state index in [-0.39, 0.29) is 66.4 Å². The zero-order chi connectivity index (χ0) is 62.5. The first-order valence-electron chi connectivity index (χ1n) is 34.0. The van der Waals surface area contributed by atoms with Crippen LogP contribution in [-0.4, -0.2) is 12.3 Å². The molecular formula is C82H104BN3S. The molecule has 3 aliphatic heterocycles. The van der Waals surface area contributed by atoms with Gasteiger partial charge in [-0.15, -0.1) is 11.3 Å². The smallest absolute Gasteiger partial charge is 0.264 e. The predicted molar refractivity (Wildman–Crippen MR) is 381 cm³/mol. The SMILES string of the molecule is CC(C)(C)c1ccc2c(c1)C1(C)CCCCC1(C)N2c1cc2c3c(c1)N(c1ccc4c(c1)C(C)(C)CCC4(C)C)c1c(sc4cc5c(cc14)C(C)(C)CCC5(C)C)B3c1cc3c(cc1N2c1ccc(C(C)(C)C)c(C(C)(C)C)c1)C(C)(C)CCC3(C)C. The van der Waals surface area contributed by atoms with Crippen LogP contribution in [0.3, 0.4) is 0 Å². The van der Waals surface area contributed by atoms with Crippen LogP contribution < -0.4 is 30.4 Å². The summed E-state index contributed by atoms with van der Waals surface area (Å²) >= 11 is 2.11. The Labute approximate surface area is 530 Å². The van der Waals surface area contributed by atoms with Crippen LogP contribution in [0.4, 0.5) is 45.5 Å². The van der Waals surface area contributed by atoms with Crippen molar-refractivity contribution in [1.29, 1.82) is 0 Å². The minimum Gasteiger partial charge on any atom is -0.334 e. The first-order chi connectivity index (χ1) is 40.2. The Hall–Kier alpha value is -5.26. The second-order valence-electron chi connectivity index (χ2n) is 36.6. The van der Waals surface area contributed by atoms with Gasteiger partial charge in [0, 0.05) is 60.1 Å². The second kappa shape index (κ2) is 18.2. The molecule has 0 radical (unpaired) electrons. The van der Waals surface area contributed by atoms with Crippen LogP contribution in [0.1, 0.15) is 279 Å². The van der Waals surface area contributed by atoms with Crippen molar-refractivity contribution >= 4 is 89.3 Å². The zero-order valence-corrected chi connectivity index (χ0v) is 58.9. The fourth-order valence-electron chi connectivity index (χ4n) is 18.5. The first-order valence-corrected chi connectivity index (χ1v) is 34.9. The molecule has 4 aliphatic carbocycles. The number of hydrogen-bond donors (Lipinski definition) is 0. The van der Waals surface area contributed by atoms with Crippen molar-refractivity contribution in [2.24, 2.45) is 0 Å². The van der Waals surface area contributed by atoms with Gasteiger partial charge in [0.15, 0.2) is 0 Å². The van der Waals surface area contributed by atoms with Crippen LogP contribution in [0.5, 0.6) is 0 Å². The highest BCUT2D eigenvalue weighted by atomic mass is 32.1. The fourth-order valence-corrected chi connectivity index (χ4v) is 19.9. The van der Waals surface area contributed by atoms with Gasteiger partial charge in [-0.3, -0.25) is 0 Å². The van der Waals surface area contributed by atoms with Gasteiger partial charge in [0.05, 0.1) is 11.2 Å². The Kier molecular flexibility index (Phi) is 12.5. The van der Waals surface area contributed by atoms with Crippen molar-refractivity contribution in [3.05, 3.63) is 147 Å². The quantitative estimate of drug-likeness (QED) is 0.163. The molecule has 6 aromatic carbocycles. The van der Waals surface area contributed by atoms with Gasteiger partial charge in [0.25, 0.3) is 6.71 Å². The van der Waals surface area contributed by atoms with E-state index in [4.69, 9.17) is 0 Å². The Morgan fingerprint density at radius 1 is 0.391 bits per heavy atom. The van der Waals surface area contributed by atoms with Crippen LogP contribution in [-0.2, 0) is 54.1 Å². The summed E-state index contributed by atoms with van der Waals surface area (Å²) in [5, 5.41) is 1.42. The third-order valence-corrected chi connectivity index (χ3v) is 26.0. The fraction of sp³-hybridized carbons (Fsp3) is 0.537. The highest BCUT2D eigenvalue weighted by Gasteiger charge is 2.59. The molecule has 4 heterocycles. The summed E-state index contributed by atoms with van der Waals surface area (Å²) in [6.07, 6.45) is 11.9. The van der Waals surface area contributed by atoms with Gasteiger partial charge in [-0.2, -0.15) is 0 Å². The molecule has 7 aliphatic rings. The van der Waals surface area contributed by atoms with Gasteiger partial charge >= 0.3 is 0 Å². The van der Waals surface area contributed by atoms with Crippen molar-refractivity contribution in [2.45, 2.75) is 283 Å². The molecule has 0 spiro atoms. The van der Waals surface area contributed by atoms with E-state index in [1.54, 1.807) is 5.56 Å². The molecule has 0 saturated heterocycles. The zero-order valence-electron chi connectivity index (χ0n) is 58.1. The molecular weight excluding hydrogens is 1070 g/mol. The lowest BCUT2D eigenvalue weighted by atomic mass is 9.35. The predicted octanol–water partition coefficient (Wildman–Crippen LogP) is 21.7. The summed E-state index contributed by atoms with van der Waals surface area (Å²) in [4.78, 5) is 8.58. The van der Waals surface area contributed by atoms with E-state index in [1.165, 1.54) is 179 Å². The Balaban J connectivity index is 1.17. The molecule has 0 amide bonds. The number of hydrogen-bond acceptors (Lipinski definition) is 4. The average Bonchev–Trinajstić information content (AvgIpc) is 1.67. The topological polar surface area (TPSA) is 9.72 Å². The molecule has 2 unspecified atom stereocenters. The molecule has 2 atom stereocenters. The highest BCUT2D eigenvalue weighted by Crippen LogP contribution is 2.64. The summed E-state index contributed by atoms with van der Waals surface area (Å²) in [5.74, 6) is 0. The lowest BCUT2D eigenvalue weighted by Gasteiger charge is -2.51. The minimum absolute atomic E-state index is 0.00261. The molecule has 87 heavy (non-hydrogen) atoms. The summed E-state index contributed by atoms with van der Waals surface area (Å²) in [6.45, 7) is 57.3. The molecule has 1 aromatic heterocycles. The highest BCUT2D eigenvalue weighted by molar-refractivity contribution is 7.33. The second-order valence-corrected chi connectivity index (χ2v) is 37.6. The summed E-state index contributed by atoms with van der Waals surface area (Å²) in [5.41, 5.74) is 28.5. The molecule has 0 bridgehead atoms. The van der Waals surface area contributed by atoms with Gasteiger partial charge in [-0.25, -0.2) is 0 Å². The third kappa shape index (κ3) is 8.50. The summed E-state index contributed by atoms with van der Waals surface area (Å²) in [7, 11) is 0. The van der Waals surface area contributed by atoms with E-state index in [0.29, 0.717) is 0 Å². The Bertz CT molecular complexity index is 4080. The van der Waals surface area contributed by atoms with Gasteiger partial charge in [0.2, 0.25) is 0 Å². The number of benzene rings is 6. The van der Waals surface area contributed by atoms with E-state index < -0.39 is 0 Å². The lowest BCUT2D eigenvalue weighted by Crippen LogP contribution is -2.61. The van der Waals surface area contributed by atoms with E-state index in [1.807, 2.05) is 0 Å². The van der Waals surface area contributed by atoms with Gasteiger partial charge < -0.3 is 14.7 Å². The summed E-state index contributed by atoms with van der Waals surface area (Å²) in [6, 6.07) is 39.5. The number of rotatable bonds is 3. The van der Waals surface area contributed by atoms with Crippen molar-refractivity contribution in [3.63, 3.8) is 0 Å². The average molecular weight is 1170 g/mol. The standard InChI is InChI=1S/C82H104BN3S/c1-72(2,3)49-26-31-64-62(40-49)81(22)32-24-25-33-82(81,23)86(64)52-43-66-69-67(44-52)85(51-28-30-55-57(42-51)76(12,13)35-34-75(55,10)11)70-53-45-58-61(80(20,21)39-36-77(58,14)15)48-68(53)87-71(70)83(69)63-46-59-60(79(18,19)38-37-78(59,16)17)47-65(63)84(66)50-27-29-54(73(4,5)6)56(41-50)74(7,8)9/h26-31,40-48H,24-25,32-39H2,1-23H3. The maximum atomic E-state index is 2.91. The van der Waals surface area contributed by atoms with Crippen molar-refractivity contribution in [3.8, 4) is 0 Å². The van der Waals surface area contributed by atoms with Crippen molar-refractivity contribution < 1.29 is 0 Å². The molecule has 1 saturated carbocycles. The monoisotopic (exact) mass is 1170 g/mol. The van der Waals surface area contributed by atoms with Crippen molar-refractivity contribution in [1.82, 2.24) is 0 Å². The molecule has 5 heteroatoms. The van der Waals surface area contributed by atoms with E-state index in [9.17, 15) is 0 Å². The lowest BCUT2D eigenvalue weighted by molar-refractivity contribution is 0.195. The Morgan fingerprint density at radius 2 is 0.897 bits per heavy atom. The summed E-state index contributed by atoms with van der Waals surface area (Å²) < 4.78 is 2.91. The Morgan fingerprint density at radius 3 is 1.48 bits per heavy atom.